The molecule has 3 heteroatoms. The topological polar surface area (TPSA) is 58.3 Å². The van der Waals surface area contributed by atoms with Crippen molar-refractivity contribution in [2.75, 3.05) is 5.43 Å². The molecule has 0 aliphatic carbocycles. The molecule has 0 atom stereocenters. The lowest BCUT2D eigenvalue weighted by Gasteiger charge is -2.08. The maximum absolute atomic E-state index is 10.1. The van der Waals surface area contributed by atoms with Crippen LogP contribution >= 0.6 is 0 Å². The number of hydrazine groups is 1. The Bertz CT molecular complexity index is 707. The smallest absolute Gasteiger partial charge is 0.147 e. The molecule has 0 amide bonds. The van der Waals surface area contributed by atoms with Crippen LogP contribution in [0.5, 0.6) is 5.75 Å². The molecule has 0 radical (unpaired) electrons. The Kier molecular flexibility index (Phi) is 2.13. The molecule has 0 fully saturated rings. The number of phenolic OH excluding ortho intramolecular Hbond substituents is 1. The van der Waals surface area contributed by atoms with Crippen LogP contribution in [-0.4, -0.2) is 5.11 Å². The summed E-state index contributed by atoms with van der Waals surface area (Å²) in [5, 5.41) is 14.1. The molecule has 0 bridgehead atoms. The zero-order chi connectivity index (χ0) is 11.8. The summed E-state index contributed by atoms with van der Waals surface area (Å²) in [4.78, 5) is 0. The average molecular weight is 224 g/mol. The van der Waals surface area contributed by atoms with Crippen molar-refractivity contribution in [3.8, 4) is 5.75 Å². The Morgan fingerprint density at radius 2 is 1.59 bits per heavy atom. The fraction of sp³-hybridized carbons (Fsp3) is 0. The zero-order valence-electron chi connectivity index (χ0n) is 9.14. The summed E-state index contributed by atoms with van der Waals surface area (Å²) in [6, 6.07) is 15.8. The third kappa shape index (κ3) is 1.48. The first-order chi connectivity index (χ1) is 8.29. The van der Waals surface area contributed by atoms with Crippen molar-refractivity contribution in [2.24, 2.45) is 5.84 Å². The van der Waals surface area contributed by atoms with Crippen LogP contribution in [0.1, 0.15) is 0 Å². The molecular weight excluding hydrogens is 212 g/mol. The van der Waals surface area contributed by atoms with E-state index in [2.05, 4.69) is 17.6 Å². The largest absolute Gasteiger partial charge is 0.505 e. The van der Waals surface area contributed by atoms with Gasteiger partial charge in [0.15, 0.2) is 0 Å². The summed E-state index contributed by atoms with van der Waals surface area (Å²) in [5.74, 6) is 5.53. The first kappa shape index (κ1) is 9.93. The molecule has 4 N–H and O–H groups in total. The molecule has 3 nitrogen and oxygen atoms in total. The normalized spacial score (nSPS) is 10.9. The van der Waals surface area contributed by atoms with Gasteiger partial charge in [-0.05, 0) is 34.4 Å². The number of anilines is 1. The zero-order valence-corrected chi connectivity index (χ0v) is 9.14. The van der Waals surface area contributed by atoms with Crippen LogP contribution in [0.3, 0.4) is 0 Å². The van der Waals surface area contributed by atoms with Gasteiger partial charge in [-0.1, -0.05) is 30.3 Å². The molecule has 0 saturated carbocycles. The second-order valence-electron chi connectivity index (χ2n) is 4.03. The lowest BCUT2D eigenvalue weighted by Crippen LogP contribution is -2.06. The van der Waals surface area contributed by atoms with Gasteiger partial charge in [-0.3, -0.25) is 5.84 Å². The van der Waals surface area contributed by atoms with E-state index in [1.807, 2.05) is 30.3 Å². The second-order valence-corrected chi connectivity index (χ2v) is 4.03. The maximum Gasteiger partial charge on any atom is 0.147 e. The molecule has 0 unspecified atom stereocenters. The lowest BCUT2D eigenvalue weighted by atomic mass is 10.0. The van der Waals surface area contributed by atoms with Crippen LogP contribution in [0.15, 0.2) is 48.5 Å². The highest BCUT2D eigenvalue weighted by atomic mass is 16.3. The van der Waals surface area contributed by atoms with Crippen molar-refractivity contribution in [3.05, 3.63) is 48.5 Å². The molecule has 0 spiro atoms. The van der Waals surface area contributed by atoms with Crippen LogP contribution < -0.4 is 11.3 Å². The molecule has 0 saturated heterocycles. The molecule has 0 aliphatic rings. The predicted octanol–water partition coefficient (Wildman–Crippen LogP) is 2.98. The van der Waals surface area contributed by atoms with Crippen molar-refractivity contribution in [3.63, 3.8) is 0 Å². The minimum Gasteiger partial charge on any atom is -0.505 e. The third-order valence-corrected chi connectivity index (χ3v) is 3.01. The lowest BCUT2D eigenvalue weighted by molar-refractivity contribution is 0.483. The van der Waals surface area contributed by atoms with Gasteiger partial charge in [0.1, 0.15) is 5.75 Å². The summed E-state index contributed by atoms with van der Waals surface area (Å²) in [5.41, 5.74) is 3.02. The van der Waals surface area contributed by atoms with Crippen molar-refractivity contribution < 1.29 is 5.11 Å². The molecule has 17 heavy (non-hydrogen) atoms. The molecule has 3 rings (SSSR count). The number of nitrogens with two attached hydrogens (primary N) is 1. The second kappa shape index (κ2) is 3.64. The number of nitrogens with one attached hydrogen (secondary N) is 1. The van der Waals surface area contributed by atoms with Crippen molar-refractivity contribution in [1.82, 2.24) is 0 Å². The number of benzene rings is 3. The third-order valence-electron chi connectivity index (χ3n) is 3.01. The van der Waals surface area contributed by atoms with Gasteiger partial charge in [0.2, 0.25) is 0 Å². The molecule has 0 aliphatic heterocycles. The molecule has 0 aromatic heterocycles. The number of rotatable bonds is 1. The molecule has 0 heterocycles. The van der Waals surface area contributed by atoms with E-state index in [4.69, 9.17) is 5.84 Å². The van der Waals surface area contributed by atoms with Gasteiger partial charge < -0.3 is 10.5 Å². The van der Waals surface area contributed by atoms with Gasteiger partial charge in [-0.15, -0.1) is 0 Å². The van der Waals surface area contributed by atoms with Crippen molar-refractivity contribution in [2.45, 2.75) is 0 Å². The van der Waals surface area contributed by atoms with Gasteiger partial charge in [0.25, 0.3) is 0 Å². The molecule has 3 aromatic carbocycles. The van der Waals surface area contributed by atoms with E-state index in [0.717, 1.165) is 21.5 Å². The molecular formula is C14H12N2O. The Labute approximate surface area is 98.4 Å². The number of nitrogen functional groups attached to an aromatic ring is 1. The summed E-state index contributed by atoms with van der Waals surface area (Å²) < 4.78 is 0. The van der Waals surface area contributed by atoms with Gasteiger partial charge in [0.05, 0.1) is 5.69 Å². The van der Waals surface area contributed by atoms with Gasteiger partial charge in [-0.2, -0.15) is 0 Å². The number of aromatic hydroxyl groups is 1. The monoisotopic (exact) mass is 224 g/mol. The van der Waals surface area contributed by atoms with Gasteiger partial charge >= 0.3 is 0 Å². The fourth-order valence-corrected chi connectivity index (χ4v) is 2.11. The molecule has 3 aromatic rings. The Hall–Kier alpha value is -2.26. The first-order valence-electron chi connectivity index (χ1n) is 5.41. The molecule has 84 valence electrons. The van der Waals surface area contributed by atoms with Crippen LogP contribution in [0.4, 0.5) is 5.69 Å². The van der Waals surface area contributed by atoms with E-state index >= 15 is 0 Å². The minimum atomic E-state index is 0.191. The average Bonchev–Trinajstić information content (AvgIpc) is 2.37. The van der Waals surface area contributed by atoms with Crippen LogP contribution in [0.25, 0.3) is 21.5 Å². The summed E-state index contributed by atoms with van der Waals surface area (Å²) in [6.45, 7) is 0. The van der Waals surface area contributed by atoms with Gasteiger partial charge in [-0.25, -0.2) is 0 Å². The van der Waals surface area contributed by atoms with E-state index in [1.165, 1.54) is 0 Å². The van der Waals surface area contributed by atoms with Crippen LogP contribution in [-0.2, 0) is 0 Å². The fourth-order valence-electron chi connectivity index (χ4n) is 2.11. The Morgan fingerprint density at radius 3 is 2.29 bits per heavy atom. The minimum absolute atomic E-state index is 0.191. The highest BCUT2D eigenvalue weighted by molar-refractivity contribution is 6.02. The summed E-state index contributed by atoms with van der Waals surface area (Å²) >= 11 is 0. The highest BCUT2D eigenvalue weighted by Crippen LogP contribution is 2.34. The number of phenols is 1. The number of hydrogen-bond donors (Lipinski definition) is 3. The summed E-state index contributed by atoms with van der Waals surface area (Å²) in [6.07, 6.45) is 0. The van der Waals surface area contributed by atoms with Crippen LogP contribution in [0, 0.1) is 0 Å². The van der Waals surface area contributed by atoms with E-state index in [1.54, 1.807) is 6.07 Å². The van der Waals surface area contributed by atoms with E-state index in [-0.39, 0.29) is 5.75 Å². The number of hydrogen-bond acceptors (Lipinski definition) is 3. The first-order valence-corrected chi connectivity index (χ1v) is 5.41. The van der Waals surface area contributed by atoms with E-state index < -0.39 is 0 Å². The highest BCUT2D eigenvalue weighted by Gasteiger charge is 2.06. The van der Waals surface area contributed by atoms with Crippen molar-refractivity contribution in [1.29, 1.82) is 0 Å². The quantitative estimate of drug-likeness (QED) is 0.258. The van der Waals surface area contributed by atoms with Gasteiger partial charge in [0, 0.05) is 5.39 Å². The SMILES string of the molecule is NNc1ccc2cc3ccccc3cc2c1O. The van der Waals surface area contributed by atoms with Crippen molar-refractivity contribution >= 4 is 27.2 Å². The maximum atomic E-state index is 10.1. The number of fused-ring (bicyclic) bond motifs is 2. The summed E-state index contributed by atoms with van der Waals surface area (Å²) in [7, 11) is 0. The Morgan fingerprint density at radius 1 is 0.882 bits per heavy atom. The predicted molar refractivity (Wildman–Crippen MR) is 70.9 cm³/mol. The standard InChI is InChI=1S/C14H12N2O/c15-16-13-6-5-11-7-9-3-1-2-4-10(9)8-12(11)14(13)17/h1-8,16-17H,15H2. The van der Waals surface area contributed by atoms with E-state index in [9.17, 15) is 5.11 Å². The van der Waals surface area contributed by atoms with E-state index in [0.29, 0.717) is 5.69 Å². The Balaban J connectivity index is 2.44. The van der Waals surface area contributed by atoms with Crippen LogP contribution in [0.2, 0.25) is 0 Å².